The van der Waals surface area contributed by atoms with Crippen LogP contribution in [0.1, 0.15) is 42.1 Å². The molecule has 0 heterocycles. The van der Waals surface area contributed by atoms with Crippen LogP contribution in [-0.2, 0) is 16.4 Å². The van der Waals surface area contributed by atoms with Gasteiger partial charge in [0, 0.05) is 17.8 Å². The first-order valence-corrected chi connectivity index (χ1v) is 12.6. The SMILES string of the molecule is CCCCCOc1ccc(C(=O)Nc2ccc(S(=O)(=O)NCCc3ccccc3)cc2)cc1. The first kappa shape index (κ1) is 24.5. The second-order valence-electron chi connectivity index (χ2n) is 7.69. The van der Waals surface area contributed by atoms with E-state index in [4.69, 9.17) is 4.74 Å². The van der Waals surface area contributed by atoms with Crippen molar-refractivity contribution in [2.24, 2.45) is 0 Å². The lowest BCUT2D eigenvalue weighted by molar-refractivity contribution is 0.102. The van der Waals surface area contributed by atoms with Gasteiger partial charge in [0.05, 0.1) is 11.5 Å². The molecule has 3 aromatic rings. The highest BCUT2D eigenvalue weighted by molar-refractivity contribution is 7.89. The minimum absolute atomic E-state index is 0.151. The third kappa shape index (κ3) is 7.73. The van der Waals surface area contributed by atoms with Crippen LogP contribution >= 0.6 is 0 Å². The van der Waals surface area contributed by atoms with Crippen molar-refractivity contribution in [3.05, 3.63) is 90.0 Å². The standard InChI is InChI=1S/C26H30N2O4S/c1-2-3-7-20-32-24-14-10-22(11-15-24)26(29)28-23-12-16-25(17-13-23)33(30,31)27-19-18-21-8-5-4-6-9-21/h4-6,8-17,27H,2-3,7,18-20H2,1H3,(H,28,29). The van der Waals surface area contributed by atoms with E-state index in [9.17, 15) is 13.2 Å². The summed E-state index contributed by atoms with van der Waals surface area (Å²) < 4.78 is 33.3. The number of amides is 1. The Morgan fingerprint density at radius 2 is 1.58 bits per heavy atom. The maximum absolute atomic E-state index is 12.5. The Balaban J connectivity index is 1.51. The van der Waals surface area contributed by atoms with Crippen LogP contribution in [0.15, 0.2) is 83.8 Å². The van der Waals surface area contributed by atoms with E-state index in [1.165, 1.54) is 12.1 Å². The second kappa shape index (κ2) is 12.2. The first-order chi connectivity index (χ1) is 16.0. The Kier molecular flexibility index (Phi) is 9.04. The Morgan fingerprint density at radius 3 is 2.24 bits per heavy atom. The van der Waals surface area contributed by atoms with Crippen molar-refractivity contribution < 1.29 is 17.9 Å². The van der Waals surface area contributed by atoms with E-state index in [0.29, 0.717) is 30.8 Å². The monoisotopic (exact) mass is 466 g/mol. The van der Waals surface area contributed by atoms with Crippen LogP contribution < -0.4 is 14.8 Å². The van der Waals surface area contributed by atoms with E-state index in [2.05, 4.69) is 17.0 Å². The summed E-state index contributed by atoms with van der Waals surface area (Å²) in [6.07, 6.45) is 3.88. The molecule has 2 N–H and O–H groups in total. The van der Waals surface area contributed by atoms with E-state index >= 15 is 0 Å². The normalized spacial score (nSPS) is 11.2. The largest absolute Gasteiger partial charge is 0.494 e. The number of rotatable bonds is 12. The highest BCUT2D eigenvalue weighted by Crippen LogP contribution is 2.17. The van der Waals surface area contributed by atoms with Gasteiger partial charge in [0.15, 0.2) is 0 Å². The van der Waals surface area contributed by atoms with Crippen LogP contribution in [0.5, 0.6) is 5.75 Å². The van der Waals surface area contributed by atoms with Gasteiger partial charge in [0.2, 0.25) is 10.0 Å². The molecule has 174 valence electrons. The van der Waals surface area contributed by atoms with Gasteiger partial charge in [-0.3, -0.25) is 4.79 Å². The van der Waals surface area contributed by atoms with Gasteiger partial charge in [-0.1, -0.05) is 50.1 Å². The number of anilines is 1. The van der Waals surface area contributed by atoms with Crippen molar-refractivity contribution in [1.29, 1.82) is 0 Å². The summed E-state index contributed by atoms with van der Waals surface area (Å²) in [5.41, 5.74) is 2.08. The summed E-state index contributed by atoms with van der Waals surface area (Å²) in [4.78, 5) is 12.7. The van der Waals surface area contributed by atoms with Gasteiger partial charge in [-0.25, -0.2) is 13.1 Å². The average Bonchev–Trinajstić information content (AvgIpc) is 2.83. The fourth-order valence-electron chi connectivity index (χ4n) is 3.22. The molecule has 0 saturated carbocycles. The third-order valence-corrected chi connectivity index (χ3v) is 6.58. The number of carbonyl (C=O) groups is 1. The van der Waals surface area contributed by atoms with Crippen molar-refractivity contribution >= 4 is 21.6 Å². The summed E-state index contributed by atoms with van der Waals surface area (Å²) in [6.45, 7) is 3.11. The summed E-state index contributed by atoms with van der Waals surface area (Å²) in [5.74, 6) is 0.459. The number of ether oxygens (including phenoxy) is 1. The number of hydrogen-bond acceptors (Lipinski definition) is 4. The van der Waals surface area contributed by atoms with Gasteiger partial charge in [-0.15, -0.1) is 0 Å². The molecule has 1 amide bonds. The lowest BCUT2D eigenvalue weighted by Gasteiger charge is -2.10. The summed E-state index contributed by atoms with van der Waals surface area (Å²) in [5, 5.41) is 2.79. The maximum Gasteiger partial charge on any atom is 0.255 e. The predicted octanol–water partition coefficient (Wildman–Crippen LogP) is 5.03. The molecule has 0 saturated heterocycles. The van der Waals surface area contributed by atoms with E-state index in [1.54, 1.807) is 36.4 Å². The molecule has 0 bridgehead atoms. The molecule has 0 aliphatic heterocycles. The fraction of sp³-hybridized carbons (Fsp3) is 0.269. The lowest BCUT2D eigenvalue weighted by Crippen LogP contribution is -2.26. The number of unbranched alkanes of at least 4 members (excludes halogenated alkanes) is 2. The van der Waals surface area contributed by atoms with Crippen LogP contribution in [0, 0.1) is 0 Å². The smallest absolute Gasteiger partial charge is 0.255 e. The number of hydrogen-bond donors (Lipinski definition) is 2. The molecule has 0 spiro atoms. The summed E-state index contributed by atoms with van der Waals surface area (Å²) in [6, 6.07) is 22.8. The molecule has 3 rings (SSSR count). The van der Waals surface area contributed by atoms with Gasteiger partial charge in [-0.05, 0) is 66.9 Å². The molecular weight excluding hydrogens is 436 g/mol. The quantitative estimate of drug-likeness (QED) is 0.367. The van der Waals surface area contributed by atoms with Crippen LogP contribution in [0.3, 0.4) is 0 Å². The Labute approximate surface area is 196 Å². The van der Waals surface area contributed by atoms with Crippen LogP contribution in [0.2, 0.25) is 0 Å². The maximum atomic E-state index is 12.5. The van der Waals surface area contributed by atoms with Crippen LogP contribution in [0.25, 0.3) is 0 Å². The zero-order chi connectivity index (χ0) is 23.5. The van der Waals surface area contributed by atoms with Crippen molar-refractivity contribution in [1.82, 2.24) is 4.72 Å². The van der Waals surface area contributed by atoms with Crippen molar-refractivity contribution in [2.45, 2.75) is 37.5 Å². The van der Waals surface area contributed by atoms with Crippen molar-refractivity contribution in [2.75, 3.05) is 18.5 Å². The zero-order valence-corrected chi connectivity index (χ0v) is 19.6. The highest BCUT2D eigenvalue weighted by atomic mass is 32.2. The summed E-state index contributed by atoms with van der Waals surface area (Å²) in [7, 11) is -3.62. The Bertz CT molecular complexity index is 1110. The Hall–Kier alpha value is -3.16. The molecular formula is C26H30N2O4S. The first-order valence-electron chi connectivity index (χ1n) is 11.2. The van der Waals surface area contributed by atoms with Gasteiger partial charge in [0.25, 0.3) is 5.91 Å². The minimum Gasteiger partial charge on any atom is -0.494 e. The van der Waals surface area contributed by atoms with Gasteiger partial charge >= 0.3 is 0 Å². The average molecular weight is 467 g/mol. The molecule has 7 heteroatoms. The third-order valence-electron chi connectivity index (χ3n) is 5.10. The Morgan fingerprint density at radius 1 is 0.879 bits per heavy atom. The van der Waals surface area contributed by atoms with E-state index < -0.39 is 10.0 Å². The number of sulfonamides is 1. The molecule has 3 aromatic carbocycles. The number of nitrogens with one attached hydrogen (secondary N) is 2. The fourth-order valence-corrected chi connectivity index (χ4v) is 4.25. The molecule has 0 atom stereocenters. The topological polar surface area (TPSA) is 84.5 Å². The van der Waals surface area contributed by atoms with Gasteiger partial charge < -0.3 is 10.1 Å². The van der Waals surface area contributed by atoms with Crippen LogP contribution in [0.4, 0.5) is 5.69 Å². The van der Waals surface area contributed by atoms with Crippen molar-refractivity contribution in [3.63, 3.8) is 0 Å². The van der Waals surface area contributed by atoms with Gasteiger partial charge in [0.1, 0.15) is 5.75 Å². The molecule has 0 aromatic heterocycles. The van der Waals surface area contributed by atoms with E-state index in [1.807, 2.05) is 30.3 Å². The zero-order valence-electron chi connectivity index (χ0n) is 18.8. The van der Waals surface area contributed by atoms with E-state index in [-0.39, 0.29) is 10.8 Å². The predicted molar refractivity (Wildman–Crippen MR) is 131 cm³/mol. The molecule has 0 fully saturated rings. The lowest BCUT2D eigenvalue weighted by atomic mass is 10.2. The molecule has 0 radical (unpaired) electrons. The highest BCUT2D eigenvalue weighted by Gasteiger charge is 2.14. The number of carbonyl (C=O) groups excluding carboxylic acids is 1. The van der Waals surface area contributed by atoms with E-state index in [0.717, 1.165) is 30.6 Å². The molecule has 0 unspecified atom stereocenters. The molecule has 6 nitrogen and oxygen atoms in total. The molecule has 0 aliphatic rings. The van der Waals surface area contributed by atoms with Crippen molar-refractivity contribution in [3.8, 4) is 5.75 Å². The second-order valence-corrected chi connectivity index (χ2v) is 9.46. The van der Waals surface area contributed by atoms with Crippen LogP contribution in [-0.4, -0.2) is 27.5 Å². The van der Waals surface area contributed by atoms with Gasteiger partial charge in [-0.2, -0.15) is 0 Å². The molecule has 33 heavy (non-hydrogen) atoms. The molecule has 0 aliphatic carbocycles. The number of benzene rings is 3. The summed E-state index contributed by atoms with van der Waals surface area (Å²) >= 11 is 0. The minimum atomic E-state index is -3.62.